The average Bonchev–Trinajstić information content (AvgIpc) is 2.97. The number of carboxylic acid groups (broad SMARTS) is 1. The van der Waals surface area contributed by atoms with Crippen molar-refractivity contribution < 1.29 is 46.2 Å². The number of hydrogen-bond acceptors (Lipinski definition) is 10. The molecule has 0 heterocycles. The average molecular weight is 654 g/mol. The number of nitrogens with two attached hydrogens (primary N) is 1. The zero-order valence-electron chi connectivity index (χ0n) is 23.7. The highest BCUT2D eigenvalue weighted by molar-refractivity contribution is 7.98. The highest BCUT2D eigenvalue weighted by Crippen LogP contribution is 2.15. The third-order valence-electron chi connectivity index (χ3n) is 5.95. The van der Waals surface area contributed by atoms with Gasteiger partial charge in [0, 0.05) is 6.42 Å². The van der Waals surface area contributed by atoms with Crippen molar-refractivity contribution in [1.29, 1.82) is 0 Å². The van der Waals surface area contributed by atoms with Crippen LogP contribution in [-0.4, -0.2) is 90.9 Å². The lowest BCUT2D eigenvalue weighted by Crippen LogP contribution is -2.54. The van der Waals surface area contributed by atoms with E-state index >= 15 is 0 Å². The van der Waals surface area contributed by atoms with Crippen molar-refractivity contribution in [3.05, 3.63) is 65.7 Å². The zero-order chi connectivity index (χ0) is 32.7. The van der Waals surface area contributed by atoms with E-state index in [1.54, 1.807) is 30.3 Å². The maximum atomic E-state index is 13.0. The normalized spacial score (nSPS) is 13.1. The standard InChI is InChI=1S/C27H35N5O10S2/c1-43-12-11-21(27(37)38)32-26(36)22(14-17-5-3-2-4-6-17)31-24(34)16-29-23(33)15-30-25(35)20(28)13-18-7-9-19(10-8-18)42-44(39,40)41/h2-10,20-22H,11-16,28H2,1H3,(H,29,33)(H,30,35)(H,31,34)(H,32,36)(H,37,38)(H,39,40,41)/t20-,21-,22-/m0/s1. The summed E-state index contributed by atoms with van der Waals surface area (Å²) in [6.07, 6.45) is 2.11. The van der Waals surface area contributed by atoms with Gasteiger partial charge in [0.1, 0.15) is 17.8 Å². The van der Waals surface area contributed by atoms with Crippen LogP contribution in [0.5, 0.6) is 5.75 Å². The van der Waals surface area contributed by atoms with Gasteiger partial charge in [-0.05, 0) is 48.1 Å². The Morgan fingerprint density at radius 2 is 1.45 bits per heavy atom. The summed E-state index contributed by atoms with van der Waals surface area (Å²) >= 11 is 1.43. The molecule has 0 fully saturated rings. The van der Waals surface area contributed by atoms with E-state index in [9.17, 15) is 37.5 Å². The Balaban J connectivity index is 1.87. The van der Waals surface area contributed by atoms with E-state index in [4.69, 9.17) is 10.3 Å². The molecule has 240 valence electrons. The zero-order valence-corrected chi connectivity index (χ0v) is 25.4. The largest absolute Gasteiger partial charge is 0.480 e. The molecule has 0 aliphatic carbocycles. The van der Waals surface area contributed by atoms with E-state index in [-0.39, 0.29) is 25.0 Å². The molecule has 0 aliphatic rings. The van der Waals surface area contributed by atoms with Crippen molar-refractivity contribution in [3.8, 4) is 5.75 Å². The van der Waals surface area contributed by atoms with Gasteiger partial charge in [-0.25, -0.2) is 4.79 Å². The van der Waals surface area contributed by atoms with Crippen LogP contribution >= 0.6 is 11.8 Å². The van der Waals surface area contributed by atoms with E-state index in [2.05, 4.69) is 25.5 Å². The predicted octanol–water partition coefficient (Wildman–Crippen LogP) is -0.980. The van der Waals surface area contributed by atoms with Gasteiger partial charge in [-0.1, -0.05) is 42.5 Å². The first-order valence-electron chi connectivity index (χ1n) is 13.2. The molecule has 17 heteroatoms. The van der Waals surface area contributed by atoms with Gasteiger partial charge in [-0.15, -0.1) is 0 Å². The third-order valence-corrected chi connectivity index (χ3v) is 6.99. The summed E-state index contributed by atoms with van der Waals surface area (Å²) in [5.74, 6) is -3.62. The molecule has 0 bridgehead atoms. The highest BCUT2D eigenvalue weighted by atomic mass is 32.3. The molecule has 8 N–H and O–H groups in total. The Morgan fingerprint density at radius 1 is 0.841 bits per heavy atom. The van der Waals surface area contributed by atoms with E-state index in [0.717, 1.165) is 5.56 Å². The highest BCUT2D eigenvalue weighted by Gasteiger charge is 2.27. The minimum absolute atomic E-state index is 0.0346. The number of aliphatic carboxylic acids is 1. The molecule has 0 radical (unpaired) electrons. The Morgan fingerprint density at radius 3 is 2.05 bits per heavy atom. The quantitative estimate of drug-likeness (QED) is 0.0961. The van der Waals surface area contributed by atoms with Crippen LogP contribution in [0.1, 0.15) is 17.5 Å². The van der Waals surface area contributed by atoms with E-state index < -0.39 is 71.2 Å². The Hall–Kier alpha value is -4.19. The number of thioether (sulfide) groups is 1. The topological polar surface area (TPSA) is 243 Å². The van der Waals surface area contributed by atoms with E-state index in [1.807, 2.05) is 6.26 Å². The van der Waals surface area contributed by atoms with Crippen molar-refractivity contribution in [2.75, 3.05) is 25.1 Å². The van der Waals surface area contributed by atoms with Crippen LogP contribution in [0, 0.1) is 0 Å². The Labute approximate surface area is 258 Å². The number of hydrogen-bond donors (Lipinski definition) is 7. The van der Waals surface area contributed by atoms with Crippen molar-refractivity contribution in [3.63, 3.8) is 0 Å². The molecule has 44 heavy (non-hydrogen) atoms. The summed E-state index contributed by atoms with van der Waals surface area (Å²) in [7, 11) is -4.68. The molecule has 0 unspecified atom stereocenters. The summed E-state index contributed by atoms with van der Waals surface area (Å²) in [4.78, 5) is 61.7. The van der Waals surface area contributed by atoms with Crippen LogP contribution in [0.15, 0.2) is 54.6 Å². The molecular formula is C27H35N5O10S2. The van der Waals surface area contributed by atoms with Crippen molar-refractivity contribution in [2.24, 2.45) is 5.73 Å². The summed E-state index contributed by atoms with van der Waals surface area (Å²) in [5, 5.41) is 19.1. The van der Waals surface area contributed by atoms with Gasteiger partial charge >= 0.3 is 16.4 Å². The second kappa shape index (κ2) is 17.8. The van der Waals surface area contributed by atoms with Crippen LogP contribution in [-0.2, 0) is 47.2 Å². The maximum Gasteiger partial charge on any atom is 0.446 e. The summed E-state index contributed by atoms with van der Waals surface area (Å²) in [5.41, 5.74) is 7.14. The second-order valence-electron chi connectivity index (χ2n) is 9.45. The first-order valence-corrected chi connectivity index (χ1v) is 15.9. The number of nitrogens with one attached hydrogen (secondary N) is 4. The van der Waals surface area contributed by atoms with Crippen molar-refractivity contribution >= 4 is 51.8 Å². The van der Waals surface area contributed by atoms with Gasteiger partial charge in [-0.2, -0.15) is 20.2 Å². The van der Waals surface area contributed by atoms with Gasteiger partial charge in [0.05, 0.1) is 19.1 Å². The molecule has 2 rings (SSSR count). The fraction of sp³-hybridized carbons (Fsp3) is 0.370. The molecule has 2 aromatic rings. The van der Waals surface area contributed by atoms with Gasteiger partial charge in [0.15, 0.2) is 0 Å². The first kappa shape index (κ1) is 36.0. The SMILES string of the molecule is CSCC[C@H](NC(=O)[C@H](Cc1ccccc1)NC(=O)CNC(=O)CNC(=O)[C@@H](N)Cc1ccc(OS(=O)(=O)O)cc1)C(=O)O. The summed E-state index contributed by atoms with van der Waals surface area (Å²) in [6.45, 7) is -1.02. The molecular weight excluding hydrogens is 618 g/mol. The number of benzene rings is 2. The first-order chi connectivity index (χ1) is 20.8. The van der Waals surface area contributed by atoms with E-state index in [0.29, 0.717) is 11.3 Å². The van der Waals surface area contributed by atoms with Gasteiger partial charge in [-0.3, -0.25) is 23.7 Å². The van der Waals surface area contributed by atoms with E-state index in [1.165, 1.54) is 36.0 Å². The number of amides is 4. The Kier molecular flexibility index (Phi) is 14.6. The van der Waals surface area contributed by atoms with Crippen LogP contribution in [0.3, 0.4) is 0 Å². The number of carbonyl (C=O) groups excluding carboxylic acids is 4. The summed E-state index contributed by atoms with van der Waals surface area (Å²) < 4.78 is 34.5. The molecule has 2 aromatic carbocycles. The lowest BCUT2D eigenvalue weighted by Gasteiger charge is -2.22. The minimum atomic E-state index is -4.68. The molecule has 3 atom stereocenters. The summed E-state index contributed by atoms with van der Waals surface area (Å²) in [6, 6.07) is 10.9. The molecule has 0 aliphatic heterocycles. The fourth-order valence-electron chi connectivity index (χ4n) is 3.76. The lowest BCUT2D eigenvalue weighted by atomic mass is 10.0. The second-order valence-corrected chi connectivity index (χ2v) is 11.5. The van der Waals surface area contributed by atoms with Gasteiger partial charge in [0.2, 0.25) is 23.6 Å². The van der Waals surface area contributed by atoms with Gasteiger partial charge < -0.3 is 36.3 Å². The molecule has 0 saturated carbocycles. The minimum Gasteiger partial charge on any atom is -0.480 e. The molecule has 15 nitrogen and oxygen atoms in total. The molecule has 0 aromatic heterocycles. The van der Waals surface area contributed by atoms with Gasteiger partial charge in [0.25, 0.3) is 0 Å². The van der Waals surface area contributed by atoms with Crippen LogP contribution in [0.4, 0.5) is 0 Å². The van der Waals surface area contributed by atoms with Crippen molar-refractivity contribution in [2.45, 2.75) is 37.4 Å². The number of rotatable bonds is 18. The monoisotopic (exact) mass is 653 g/mol. The van der Waals surface area contributed by atoms with Crippen LogP contribution in [0.2, 0.25) is 0 Å². The Bertz CT molecular complexity index is 1390. The smallest absolute Gasteiger partial charge is 0.446 e. The van der Waals surface area contributed by atoms with Crippen LogP contribution in [0.25, 0.3) is 0 Å². The third kappa shape index (κ3) is 13.9. The maximum absolute atomic E-state index is 13.0. The number of carboxylic acids is 1. The molecule has 4 amide bonds. The van der Waals surface area contributed by atoms with Crippen molar-refractivity contribution in [1.82, 2.24) is 21.3 Å². The number of carbonyl (C=O) groups is 5. The molecule has 0 spiro atoms. The van der Waals surface area contributed by atoms with Crippen LogP contribution < -0.4 is 31.2 Å². The predicted molar refractivity (Wildman–Crippen MR) is 161 cm³/mol. The molecule has 0 saturated heterocycles. The lowest BCUT2D eigenvalue weighted by molar-refractivity contribution is -0.142. The fourth-order valence-corrected chi connectivity index (χ4v) is 4.58.